The van der Waals surface area contributed by atoms with Crippen LogP contribution in [0.15, 0.2) is 72.8 Å². The van der Waals surface area contributed by atoms with Gasteiger partial charge in [-0.3, -0.25) is 4.79 Å². The fourth-order valence-corrected chi connectivity index (χ4v) is 2.87. The number of methoxy groups -OCH3 is 1. The summed E-state index contributed by atoms with van der Waals surface area (Å²) in [7, 11) is 1.47. The predicted octanol–water partition coefficient (Wildman–Crippen LogP) is 6.12. The summed E-state index contributed by atoms with van der Waals surface area (Å²) in [6.07, 6.45) is 3.10. The molecule has 0 aliphatic heterocycles. The van der Waals surface area contributed by atoms with Gasteiger partial charge in [0.1, 0.15) is 0 Å². The van der Waals surface area contributed by atoms with Gasteiger partial charge in [-0.2, -0.15) is 0 Å². The molecule has 3 aromatic rings. The van der Waals surface area contributed by atoms with Crippen molar-refractivity contribution in [2.45, 2.75) is 0 Å². The zero-order valence-electron chi connectivity index (χ0n) is 15.4. The first kappa shape index (κ1) is 20.6. The van der Waals surface area contributed by atoms with Gasteiger partial charge >= 0.3 is 5.97 Å². The van der Waals surface area contributed by atoms with Crippen molar-refractivity contribution >= 4 is 41.0 Å². The largest absolute Gasteiger partial charge is 0.493 e. The van der Waals surface area contributed by atoms with Crippen LogP contribution in [0.1, 0.15) is 26.3 Å². The van der Waals surface area contributed by atoms with E-state index in [0.717, 1.165) is 0 Å². The standard InChI is InChI=1S/C23H16Cl2O4/c1-28-22-14-15(6-12-20(26)16-8-10-17(24)11-9-16)7-13-21(22)29-23(27)18-4-2-3-5-19(18)25/h2-14H,1H3. The number of hydrogen-bond donors (Lipinski definition) is 0. The molecule has 0 bridgehead atoms. The van der Waals surface area contributed by atoms with E-state index >= 15 is 0 Å². The summed E-state index contributed by atoms with van der Waals surface area (Å²) in [5.41, 5.74) is 1.50. The van der Waals surface area contributed by atoms with Gasteiger partial charge in [-0.25, -0.2) is 4.79 Å². The first-order valence-corrected chi connectivity index (χ1v) is 9.36. The van der Waals surface area contributed by atoms with E-state index in [0.29, 0.717) is 26.9 Å². The van der Waals surface area contributed by atoms with Crippen molar-refractivity contribution in [1.82, 2.24) is 0 Å². The van der Waals surface area contributed by atoms with Crippen LogP contribution in [0, 0.1) is 0 Å². The van der Waals surface area contributed by atoms with Crippen molar-refractivity contribution in [2.24, 2.45) is 0 Å². The van der Waals surface area contributed by atoms with Gasteiger partial charge in [0.2, 0.25) is 0 Å². The number of allylic oxidation sites excluding steroid dienone is 1. The van der Waals surface area contributed by atoms with Crippen molar-refractivity contribution in [3.05, 3.63) is 99.5 Å². The molecule has 3 rings (SSSR count). The summed E-state index contributed by atoms with van der Waals surface area (Å²) in [6.45, 7) is 0. The summed E-state index contributed by atoms with van der Waals surface area (Å²) in [5.74, 6) is -0.143. The molecule has 4 nitrogen and oxygen atoms in total. The van der Waals surface area contributed by atoms with Crippen molar-refractivity contribution < 1.29 is 19.1 Å². The fraction of sp³-hybridized carbons (Fsp3) is 0.0435. The Morgan fingerprint density at radius 2 is 1.62 bits per heavy atom. The Labute approximate surface area is 178 Å². The number of hydrogen-bond acceptors (Lipinski definition) is 4. The maximum Gasteiger partial charge on any atom is 0.345 e. The summed E-state index contributed by atoms with van der Waals surface area (Å²) in [5, 5.41) is 0.869. The Bertz CT molecular complexity index is 1070. The minimum absolute atomic E-state index is 0.158. The van der Waals surface area contributed by atoms with E-state index in [-0.39, 0.29) is 17.1 Å². The second-order valence-corrected chi connectivity index (χ2v) is 6.83. The number of ketones is 1. The van der Waals surface area contributed by atoms with E-state index in [2.05, 4.69) is 0 Å². The van der Waals surface area contributed by atoms with Gasteiger partial charge < -0.3 is 9.47 Å². The molecule has 0 radical (unpaired) electrons. The third kappa shape index (κ3) is 5.25. The van der Waals surface area contributed by atoms with Crippen molar-refractivity contribution in [1.29, 1.82) is 0 Å². The molecule has 0 aliphatic carbocycles. The summed E-state index contributed by atoms with van der Waals surface area (Å²) in [4.78, 5) is 24.6. The first-order valence-electron chi connectivity index (χ1n) is 8.60. The number of rotatable bonds is 6. The number of esters is 1. The lowest BCUT2D eigenvalue weighted by Crippen LogP contribution is -2.09. The van der Waals surface area contributed by atoms with Crippen molar-refractivity contribution in [2.75, 3.05) is 7.11 Å². The quantitative estimate of drug-likeness (QED) is 0.206. The predicted molar refractivity (Wildman–Crippen MR) is 114 cm³/mol. The topological polar surface area (TPSA) is 52.6 Å². The van der Waals surface area contributed by atoms with Gasteiger partial charge in [0.05, 0.1) is 17.7 Å². The van der Waals surface area contributed by atoms with Gasteiger partial charge in [-0.1, -0.05) is 47.5 Å². The number of carbonyl (C=O) groups is 2. The van der Waals surface area contributed by atoms with Crippen LogP contribution >= 0.6 is 23.2 Å². The maximum atomic E-state index is 12.4. The monoisotopic (exact) mass is 426 g/mol. The Kier molecular flexibility index (Phi) is 6.70. The van der Waals surface area contributed by atoms with Gasteiger partial charge in [0.25, 0.3) is 0 Å². The molecule has 0 aliphatic rings. The molecule has 0 spiro atoms. The summed E-state index contributed by atoms with van der Waals surface area (Å²) in [6, 6.07) is 18.2. The molecular formula is C23H16Cl2O4. The van der Waals surface area contributed by atoms with Crippen LogP contribution in [0.5, 0.6) is 11.5 Å². The zero-order valence-corrected chi connectivity index (χ0v) is 16.9. The molecule has 146 valence electrons. The molecule has 0 heterocycles. The number of carbonyl (C=O) groups excluding carboxylic acids is 2. The van der Waals surface area contributed by atoms with Crippen LogP contribution in [0.2, 0.25) is 10.0 Å². The van der Waals surface area contributed by atoms with Crippen LogP contribution < -0.4 is 9.47 Å². The summed E-state index contributed by atoms with van der Waals surface area (Å²) < 4.78 is 10.7. The molecule has 0 aromatic heterocycles. The van der Waals surface area contributed by atoms with E-state index in [9.17, 15) is 9.59 Å². The van der Waals surface area contributed by atoms with Crippen LogP contribution in [-0.2, 0) is 0 Å². The lowest BCUT2D eigenvalue weighted by Gasteiger charge is -2.10. The molecule has 3 aromatic carbocycles. The molecule has 29 heavy (non-hydrogen) atoms. The fourth-order valence-electron chi connectivity index (χ4n) is 2.54. The van der Waals surface area contributed by atoms with Crippen LogP contribution in [0.25, 0.3) is 6.08 Å². The van der Waals surface area contributed by atoms with E-state index in [1.807, 2.05) is 0 Å². The minimum atomic E-state index is -0.588. The molecule has 0 N–H and O–H groups in total. The highest BCUT2D eigenvalue weighted by Gasteiger charge is 2.15. The van der Waals surface area contributed by atoms with Gasteiger partial charge in [0, 0.05) is 10.6 Å². The van der Waals surface area contributed by atoms with Crippen molar-refractivity contribution in [3.63, 3.8) is 0 Å². The van der Waals surface area contributed by atoms with E-state index in [1.165, 1.54) is 13.2 Å². The maximum absolute atomic E-state index is 12.4. The normalized spacial score (nSPS) is 10.7. The molecule has 0 fully saturated rings. The molecule has 0 saturated carbocycles. The highest BCUT2D eigenvalue weighted by Crippen LogP contribution is 2.30. The third-order valence-electron chi connectivity index (χ3n) is 4.04. The Balaban J connectivity index is 1.76. The molecule has 0 atom stereocenters. The average molecular weight is 427 g/mol. The molecule has 0 saturated heterocycles. The minimum Gasteiger partial charge on any atom is -0.493 e. The molecule has 0 amide bonds. The summed E-state index contributed by atoms with van der Waals surface area (Å²) >= 11 is 11.9. The number of ether oxygens (including phenoxy) is 2. The van der Waals surface area contributed by atoms with Crippen LogP contribution in [-0.4, -0.2) is 18.9 Å². The van der Waals surface area contributed by atoms with Gasteiger partial charge in [-0.15, -0.1) is 0 Å². The van der Waals surface area contributed by atoms with E-state index < -0.39 is 5.97 Å². The molecular weight excluding hydrogens is 411 g/mol. The van der Waals surface area contributed by atoms with Gasteiger partial charge in [0.15, 0.2) is 17.3 Å². The highest BCUT2D eigenvalue weighted by molar-refractivity contribution is 6.33. The number of benzene rings is 3. The second kappa shape index (κ2) is 9.41. The lowest BCUT2D eigenvalue weighted by molar-refractivity contribution is 0.0729. The Morgan fingerprint density at radius 3 is 2.31 bits per heavy atom. The van der Waals surface area contributed by atoms with E-state index in [1.54, 1.807) is 72.8 Å². The lowest BCUT2D eigenvalue weighted by atomic mass is 10.1. The Hall–Kier alpha value is -3.08. The van der Waals surface area contributed by atoms with Gasteiger partial charge in [-0.05, 0) is 60.2 Å². The molecule has 0 unspecified atom stereocenters. The first-order chi connectivity index (χ1) is 14.0. The van der Waals surface area contributed by atoms with E-state index in [4.69, 9.17) is 32.7 Å². The smallest absolute Gasteiger partial charge is 0.345 e. The second-order valence-electron chi connectivity index (χ2n) is 5.98. The van der Waals surface area contributed by atoms with Crippen molar-refractivity contribution in [3.8, 4) is 11.5 Å². The SMILES string of the molecule is COc1cc(C=CC(=O)c2ccc(Cl)cc2)ccc1OC(=O)c1ccccc1Cl. The van der Waals surface area contributed by atoms with Crippen LogP contribution in [0.3, 0.4) is 0 Å². The number of halogens is 2. The third-order valence-corrected chi connectivity index (χ3v) is 4.62. The Morgan fingerprint density at radius 1 is 0.897 bits per heavy atom. The molecule has 6 heteroatoms. The highest BCUT2D eigenvalue weighted by atomic mass is 35.5. The zero-order chi connectivity index (χ0) is 20.8. The van der Waals surface area contributed by atoms with Crippen LogP contribution in [0.4, 0.5) is 0 Å². The average Bonchev–Trinajstić information content (AvgIpc) is 2.73.